The van der Waals surface area contributed by atoms with E-state index in [1.165, 1.54) is 41.3 Å². The predicted octanol–water partition coefficient (Wildman–Crippen LogP) is 2.82. The van der Waals surface area contributed by atoms with E-state index in [4.69, 9.17) is 5.73 Å². The van der Waals surface area contributed by atoms with Gasteiger partial charge in [-0.25, -0.2) is 0 Å². The predicted molar refractivity (Wildman–Crippen MR) is 88.7 cm³/mol. The maximum atomic E-state index is 6.09. The molecule has 0 spiro atoms. The first-order valence-electron chi connectivity index (χ1n) is 7.85. The number of hydrogen-bond donors (Lipinski definition) is 2. The van der Waals surface area contributed by atoms with E-state index in [-0.39, 0.29) is 0 Å². The van der Waals surface area contributed by atoms with E-state index in [2.05, 4.69) is 46.2 Å². The Balaban J connectivity index is 1.63. The molecule has 0 saturated carbocycles. The summed E-state index contributed by atoms with van der Waals surface area (Å²) in [5.41, 5.74) is 9.90. The highest BCUT2D eigenvalue weighted by atomic mass is 15.2. The van der Waals surface area contributed by atoms with Gasteiger partial charge in [0.25, 0.3) is 0 Å². The van der Waals surface area contributed by atoms with Crippen LogP contribution in [0.3, 0.4) is 0 Å². The molecule has 1 fully saturated rings. The summed E-state index contributed by atoms with van der Waals surface area (Å²) in [7, 11) is 0. The number of rotatable bonds is 3. The van der Waals surface area contributed by atoms with Crippen LogP contribution < -0.4 is 5.73 Å². The number of aromatic nitrogens is 1. The van der Waals surface area contributed by atoms with Crippen LogP contribution in [0.25, 0.3) is 10.9 Å². The Hall–Kier alpha value is -1.97. The van der Waals surface area contributed by atoms with Crippen molar-refractivity contribution in [2.45, 2.75) is 32.6 Å². The molecule has 4 heteroatoms. The average Bonchev–Trinajstić information content (AvgIpc) is 2.90. The highest BCUT2D eigenvalue weighted by molar-refractivity contribution is 5.84. The van der Waals surface area contributed by atoms with E-state index in [9.17, 15) is 0 Å². The molecule has 1 aromatic heterocycles. The Morgan fingerprint density at radius 3 is 2.90 bits per heavy atom. The zero-order valence-corrected chi connectivity index (χ0v) is 12.7. The van der Waals surface area contributed by atoms with Crippen molar-refractivity contribution in [2.24, 2.45) is 10.7 Å². The Bertz CT molecular complexity index is 635. The second-order valence-electron chi connectivity index (χ2n) is 5.90. The summed E-state index contributed by atoms with van der Waals surface area (Å²) in [4.78, 5) is 10.1. The summed E-state index contributed by atoms with van der Waals surface area (Å²) in [5, 5.41) is 1.30. The van der Waals surface area contributed by atoms with Gasteiger partial charge in [0.05, 0.1) is 0 Å². The van der Waals surface area contributed by atoms with Crippen molar-refractivity contribution in [1.82, 2.24) is 9.88 Å². The summed E-state index contributed by atoms with van der Waals surface area (Å²) in [5.74, 6) is 0.713. The van der Waals surface area contributed by atoms with Gasteiger partial charge in [0.15, 0.2) is 5.96 Å². The van der Waals surface area contributed by atoms with Crippen LogP contribution in [0.4, 0.5) is 0 Å². The van der Waals surface area contributed by atoms with Crippen molar-refractivity contribution in [1.29, 1.82) is 0 Å². The number of nitrogens with zero attached hydrogens (tertiary/aromatic N) is 2. The molecule has 1 aromatic carbocycles. The fraction of sp³-hybridized carbons (Fsp3) is 0.471. The van der Waals surface area contributed by atoms with Gasteiger partial charge in [-0.15, -0.1) is 0 Å². The van der Waals surface area contributed by atoms with Crippen LogP contribution >= 0.6 is 0 Å². The number of fused-ring (bicyclic) bond motifs is 1. The van der Waals surface area contributed by atoms with Crippen LogP contribution in [0.15, 0.2) is 29.4 Å². The molecule has 0 amide bonds. The molecule has 4 nitrogen and oxygen atoms in total. The number of guanidine groups is 1. The molecule has 3 N–H and O–H groups in total. The third-order valence-corrected chi connectivity index (χ3v) is 4.26. The minimum atomic E-state index is 0.713. The first kappa shape index (κ1) is 14.0. The average molecular weight is 284 g/mol. The van der Waals surface area contributed by atoms with Crippen molar-refractivity contribution in [3.05, 3.63) is 35.5 Å². The molecule has 21 heavy (non-hydrogen) atoms. The van der Waals surface area contributed by atoms with Crippen molar-refractivity contribution in [3.8, 4) is 0 Å². The fourth-order valence-electron chi connectivity index (χ4n) is 3.02. The highest BCUT2D eigenvalue weighted by Crippen LogP contribution is 2.20. The second-order valence-corrected chi connectivity index (χ2v) is 5.90. The summed E-state index contributed by atoms with van der Waals surface area (Å²) < 4.78 is 0. The van der Waals surface area contributed by atoms with E-state index in [1.54, 1.807) is 0 Å². The number of aliphatic imine (C=N–C) groups is 1. The van der Waals surface area contributed by atoms with Crippen LogP contribution in [-0.4, -0.2) is 35.5 Å². The number of piperidine rings is 1. The molecule has 1 aliphatic rings. The van der Waals surface area contributed by atoms with Gasteiger partial charge in [-0.1, -0.05) is 12.1 Å². The van der Waals surface area contributed by atoms with Crippen LogP contribution in [0.5, 0.6) is 0 Å². The van der Waals surface area contributed by atoms with E-state index >= 15 is 0 Å². The molecule has 0 atom stereocenters. The lowest BCUT2D eigenvalue weighted by Gasteiger charge is -2.27. The zero-order valence-electron chi connectivity index (χ0n) is 12.7. The number of benzene rings is 1. The number of hydrogen-bond acceptors (Lipinski definition) is 1. The number of likely N-dealkylation sites (tertiary alicyclic amines) is 1. The lowest BCUT2D eigenvalue weighted by molar-refractivity contribution is 0.338. The Kier molecular flexibility index (Phi) is 4.13. The minimum absolute atomic E-state index is 0.713. The Morgan fingerprint density at radius 2 is 2.10 bits per heavy atom. The van der Waals surface area contributed by atoms with Crippen LogP contribution in [0.1, 0.15) is 30.4 Å². The molecular formula is C17H24N4. The molecule has 1 saturated heterocycles. The third kappa shape index (κ3) is 3.20. The molecule has 0 bridgehead atoms. The minimum Gasteiger partial charge on any atom is -0.370 e. The van der Waals surface area contributed by atoms with Crippen LogP contribution in [0, 0.1) is 6.92 Å². The lowest BCUT2D eigenvalue weighted by atomic mass is 10.1. The molecule has 1 aliphatic heterocycles. The summed E-state index contributed by atoms with van der Waals surface area (Å²) in [6, 6.07) is 6.53. The molecule has 0 unspecified atom stereocenters. The molecule has 2 heterocycles. The van der Waals surface area contributed by atoms with Crippen molar-refractivity contribution < 1.29 is 0 Å². The largest absolute Gasteiger partial charge is 0.370 e. The van der Waals surface area contributed by atoms with Gasteiger partial charge in [0, 0.05) is 36.7 Å². The van der Waals surface area contributed by atoms with Crippen LogP contribution in [-0.2, 0) is 6.42 Å². The SMILES string of the molecule is Cc1ccc2c(CCN=C(N)N3CCCCC3)c[nH]c2c1. The Labute approximate surface area is 126 Å². The molecule has 3 rings (SSSR count). The van der Waals surface area contributed by atoms with E-state index in [0.717, 1.165) is 26.1 Å². The van der Waals surface area contributed by atoms with Crippen molar-refractivity contribution in [3.63, 3.8) is 0 Å². The monoisotopic (exact) mass is 284 g/mol. The van der Waals surface area contributed by atoms with Gasteiger partial charge >= 0.3 is 0 Å². The quantitative estimate of drug-likeness (QED) is 0.672. The van der Waals surface area contributed by atoms with Gasteiger partial charge in [-0.05, 0) is 49.8 Å². The maximum absolute atomic E-state index is 6.09. The number of nitrogens with one attached hydrogen (secondary N) is 1. The van der Waals surface area contributed by atoms with E-state index in [0.29, 0.717) is 5.96 Å². The first-order chi connectivity index (χ1) is 10.2. The lowest BCUT2D eigenvalue weighted by Crippen LogP contribution is -2.41. The molecule has 112 valence electrons. The molecule has 2 aromatic rings. The van der Waals surface area contributed by atoms with Gasteiger partial charge < -0.3 is 15.6 Å². The van der Waals surface area contributed by atoms with Gasteiger partial charge in [0.2, 0.25) is 0 Å². The topological polar surface area (TPSA) is 57.4 Å². The molecular weight excluding hydrogens is 260 g/mol. The number of H-pyrrole nitrogens is 1. The van der Waals surface area contributed by atoms with Gasteiger partial charge in [-0.3, -0.25) is 4.99 Å². The standard InChI is InChI=1S/C17H24N4/c1-13-5-6-15-14(12-20-16(15)11-13)7-8-19-17(18)21-9-3-2-4-10-21/h5-6,11-12,20H,2-4,7-10H2,1H3,(H2,18,19). The van der Waals surface area contributed by atoms with Crippen LogP contribution in [0.2, 0.25) is 0 Å². The number of nitrogens with two attached hydrogens (primary N) is 1. The fourth-order valence-corrected chi connectivity index (χ4v) is 3.02. The first-order valence-corrected chi connectivity index (χ1v) is 7.85. The van der Waals surface area contributed by atoms with Gasteiger partial charge in [-0.2, -0.15) is 0 Å². The van der Waals surface area contributed by atoms with Crippen molar-refractivity contribution >= 4 is 16.9 Å². The maximum Gasteiger partial charge on any atom is 0.191 e. The Morgan fingerprint density at radius 1 is 1.29 bits per heavy atom. The smallest absolute Gasteiger partial charge is 0.191 e. The summed E-state index contributed by atoms with van der Waals surface area (Å²) >= 11 is 0. The normalized spacial score (nSPS) is 16.6. The highest BCUT2D eigenvalue weighted by Gasteiger charge is 2.11. The molecule has 0 radical (unpaired) electrons. The number of aromatic amines is 1. The van der Waals surface area contributed by atoms with Gasteiger partial charge in [0.1, 0.15) is 0 Å². The number of aryl methyl sites for hydroxylation is 1. The molecule has 0 aliphatic carbocycles. The summed E-state index contributed by atoms with van der Waals surface area (Å²) in [6.45, 7) is 4.98. The van der Waals surface area contributed by atoms with E-state index in [1.807, 2.05) is 0 Å². The van der Waals surface area contributed by atoms with E-state index < -0.39 is 0 Å². The van der Waals surface area contributed by atoms with Crippen molar-refractivity contribution in [2.75, 3.05) is 19.6 Å². The zero-order chi connectivity index (χ0) is 14.7. The summed E-state index contributed by atoms with van der Waals surface area (Å²) in [6.07, 6.45) is 6.81. The second kappa shape index (κ2) is 6.20. The third-order valence-electron chi connectivity index (χ3n) is 4.26.